The molecule has 5 nitrogen and oxygen atoms in total. The first-order valence-electron chi connectivity index (χ1n) is 4.78. The molecule has 0 radical (unpaired) electrons. The fourth-order valence-electron chi connectivity index (χ4n) is 1.36. The number of nitriles is 1. The van der Waals surface area contributed by atoms with E-state index in [4.69, 9.17) is 9.78 Å². The number of amides is 1. The summed E-state index contributed by atoms with van der Waals surface area (Å²) in [4.78, 5) is 11.5. The van der Waals surface area contributed by atoms with Crippen LogP contribution in [0.2, 0.25) is 0 Å². The average molecular weight is 205 g/mol. The second-order valence-electron chi connectivity index (χ2n) is 3.81. The monoisotopic (exact) mass is 205 g/mol. The predicted octanol–water partition coefficient (Wildman–Crippen LogP) is 0.903. The van der Waals surface area contributed by atoms with Gasteiger partial charge in [-0.2, -0.15) is 5.26 Å². The molecule has 1 heterocycles. The van der Waals surface area contributed by atoms with Crippen LogP contribution in [0, 0.1) is 23.7 Å². The van der Waals surface area contributed by atoms with Gasteiger partial charge in [0.05, 0.1) is 12.6 Å². The first-order valence-corrected chi connectivity index (χ1v) is 4.78. The van der Waals surface area contributed by atoms with Crippen LogP contribution in [0.15, 0.2) is 10.6 Å². The summed E-state index contributed by atoms with van der Waals surface area (Å²) in [6, 6.07) is 3.79. The zero-order valence-corrected chi connectivity index (χ0v) is 8.41. The second kappa shape index (κ2) is 3.39. The Morgan fingerprint density at radius 3 is 3.00 bits per heavy atom. The highest BCUT2D eigenvalue weighted by Gasteiger charge is 2.50. The number of aryl methyl sites for hydroxylation is 1. The Labute approximate surface area is 87.0 Å². The van der Waals surface area contributed by atoms with Crippen LogP contribution in [0.1, 0.15) is 24.3 Å². The molecule has 78 valence electrons. The van der Waals surface area contributed by atoms with Gasteiger partial charge in [-0.25, -0.2) is 0 Å². The van der Waals surface area contributed by atoms with Crippen molar-refractivity contribution in [1.29, 1.82) is 5.26 Å². The Morgan fingerprint density at radius 1 is 1.80 bits per heavy atom. The van der Waals surface area contributed by atoms with Gasteiger partial charge in [-0.15, -0.1) is 0 Å². The lowest BCUT2D eigenvalue weighted by Gasteiger charge is -2.05. The molecule has 5 heteroatoms. The van der Waals surface area contributed by atoms with Crippen molar-refractivity contribution in [3.8, 4) is 6.07 Å². The third kappa shape index (κ3) is 1.84. The highest BCUT2D eigenvalue weighted by atomic mass is 16.5. The molecule has 0 spiro atoms. The minimum atomic E-state index is -0.765. The topological polar surface area (TPSA) is 78.9 Å². The molecule has 1 amide bonds. The first-order chi connectivity index (χ1) is 7.16. The maximum Gasteiger partial charge on any atom is 0.240 e. The van der Waals surface area contributed by atoms with Crippen molar-refractivity contribution in [2.75, 3.05) is 0 Å². The Kier molecular flexibility index (Phi) is 2.19. The summed E-state index contributed by atoms with van der Waals surface area (Å²) in [7, 11) is 0. The Morgan fingerprint density at radius 2 is 2.53 bits per heavy atom. The van der Waals surface area contributed by atoms with E-state index in [0.29, 0.717) is 30.8 Å². The van der Waals surface area contributed by atoms with Gasteiger partial charge in [0.1, 0.15) is 16.9 Å². The van der Waals surface area contributed by atoms with Crippen molar-refractivity contribution in [2.45, 2.75) is 26.3 Å². The number of hydrogen-bond donors (Lipinski definition) is 1. The van der Waals surface area contributed by atoms with Gasteiger partial charge < -0.3 is 9.84 Å². The summed E-state index contributed by atoms with van der Waals surface area (Å²) < 4.78 is 4.86. The van der Waals surface area contributed by atoms with E-state index < -0.39 is 5.41 Å². The van der Waals surface area contributed by atoms with Crippen LogP contribution >= 0.6 is 0 Å². The van der Waals surface area contributed by atoms with Crippen molar-refractivity contribution in [1.82, 2.24) is 10.5 Å². The van der Waals surface area contributed by atoms with E-state index in [9.17, 15) is 4.79 Å². The molecule has 0 bridgehead atoms. The lowest BCUT2D eigenvalue weighted by atomic mass is 10.1. The smallest absolute Gasteiger partial charge is 0.240 e. The zero-order valence-electron chi connectivity index (χ0n) is 8.41. The van der Waals surface area contributed by atoms with Crippen LogP contribution in [-0.4, -0.2) is 11.1 Å². The number of carbonyl (C=O) groups excluding carboxylic acids is 1. The lowest BCUT2D eigenvalue weighted by molar-refractivity contribution is -0.124. The molecule has 1 aliphatic rings. The molecule has 0 unspecified atom stereocenters. The molecule has 1 aliphatic carbocycles. The van der Waals surface area contributed by atoms with Gasteiger partial charge in [0.2, 0.25) is 5.91 Å². The van der Waals surface area contributed by atoms with Gasteiger partial charge in [0.15, 0.2) is 0 Å². The van der Waals surface area contributed by atoms with Crippen molar-refractivity contribution < 1.29 is 9.32 Å². The van der Waals surface area contributed by atoms with Gasteiger partial charge in [-0.05, 0) is 19.8 Å². The van der Waals surface area contributed by atoms with E-state index in [2.05, 4.69) is 10.5 Å². The van der Waals surface area contributed by atoms with Crippen LogP contribution < -0.4 is 5.32 Å². The number of hydrogen-bond acceptors (Lipinski definition) is 4. The van der Waals surface area contributed by atoms with Crippen LogP contribution in [0.3, 0.4) is 0 Å². The highest BCUT2D eigenvalue weighted by molar-refractivity contribution is 5.88. The Balaban J connectivity index is 1.89. The van der Waals surface area contributed by atoms with E-state index in [-0.39, 0.29) is 5.91 Å². The minimum Gasteiger partial charge on any atom is -0.361 e. The standard InChI is InChI=1S/C10H11N3O2/c1-7-4-8(13-15-7)5-12-9(14)10(6-11)2-3-10/h4H,2-3,5H2,1H3,(H,12,14). The zero-order chi connectivity index (χ0) is 10.9. The van der Waals surface area contributed by atoms with Crippen molar-refractivity contribution in [3.05, 3.63) is 17.5 Å². The van der Waals surface area contributed by atoms with Crippen LogP contribution in [0.5, 0.6) is 0 Å². The average Bonchev–Trinajstić information content (AvgIpc) is 2.93. The van der Waals surface area contributed by atoms with Crippen molar-refractivity contribution in [2.24, 2.45) is 5.41 Å². The number of nitrogens with one attached hydrogen (secondary N) is 1. The molecule has 1 aromatic heterocycles. The van der Waals surface area contributed by atoms with Crippen LogP contribution in [0.25, 0.3) is 0 Å². The molecule has 0 aromatic carbocycles. The van der Waals surface area contributed by atoms with E-state index in [1.54, 1.807) is 13.0 Å². The van der Waals surface area contributed by atoms with E-state index in [0.717, 1.165) is 0 Å². The summed E-state index contributed by atoms with van der Waals surface area (Å²) in [5.41, 5.74) is -0.0896. The Bertz CT molecular complexity index is 426. The molecule has 1 aromatic rings. The molecule has 2 rings (SSSR count). The van der Waals surface area contributed by atoms with E-state index >= 15 is 0 Å². The molecule has 1 N–H and O–H groups in total. The molecule has 0 saturated heterocycles. The highest BCUT2D eigenvalue weighted by Crippen LogP contribution is 2.44. The lowest BCUT2D eigenvalue weighted by Crippen LogP contribution is -2.30. The normalized spacial score (nSPS) is 16.8. The summed E-state index contributed by atoms with van der Waals surface area (Å²) in [5.74, 6) is 0.506. The van der Waals surface area contributed by atoms with E-state index in [1.807, 2.05) is 6.07 Å². The van der Waals surface area contributed by atoms with Gasteiger partial charge in [0.25, 0.3) is 0 Å². The summed E-state index contributed by atoms with van der Waals surface area (Å²) in [5, 5.41) is 15.2. The van der Waals surface area contributed by atoms with Gasteiger partial charge >= 0.3 is 0 Å². The summed E-state index contributed by atoms with van der Waals surface area (Å²) in [6.07, 6.45) is 1.32. The SMILES string of the molecule is Cc1cc(CNC(=O)C2(C#N)CC2)no1. The number of carbonyl (C=O) groups is 1. The number of nitrogens with zero attached hydrogens (tertiary/aromatic N) is 2. The van der Waals surface area contributed by atoms with Crippen molar-refractivity contribution >= 4 is 5.91 Å². The number of aromatic nitrogens is 1. The third-order valence-corrected chi connectivity index (χ3v) is 2.51. The van der Waals surface area contributed by atoms with Crippen LogP contribution in [0.4, 0.5) is 0 Å². The quantitative estimate of drug-likeness (QED) is 0.795. The fourth-order valence-corrected chi connectivity index (χ4v) is 1.36. The minimum absolute atomic E-state index is 0.203. The molecular formula is C10H11N3O2. The molecule has 0 aliphatic heterocycles. The second-order valence-corrected chi connectivity index (χ2v) is 3.81. The molecular weight excluding hydrogens is 194 g/mol. The summed E-state index contributed by atoms with van der Waals surface area (Å²) in [6.45, 7) is 2.11. The first kappa shape index (κ1) is 9.71. The maximum atomic E-state index is 11.5. The summed E-state index contributed by atoms with van der Waals surface area (Å²) >= 11 is 0. The van der Waals surface area contributed by atoms with Gasteiger partial charge in [0, 0.05) is 6.07 Å². The third-order valence-electron chi connectivity index (χ3n) is 2.51. The van der Waals surface area contributed by atoms with Crippen molar-refractivity contribution in [3.63, 3.8) is 0 Å². The molecule has 15 heavy (non-hydrogen) atoms. The van der Waals surface area contributed by atoms with Gasteiger partial charge in [-0.1, -0.05) is 5.16 Å². The maximum absolute atomic E-state index is 11.5. The predicted molar refractivity (Wildman–Crippen MR) is 50.4 cm³/mol. The fraction of sp³-hybridized carbons (Fsp3) is 0.500. The molecule has 1 saturated carbocycles. The number of rotatable bonds is 3. The Hall–Kier alpha value is -1.83. The molecule has 1 fully saturated rings. The molecule has 0 atom stereocenters. The van der Waals surface area contributed by atoms with Crippen LogP contribution in [-0.2, 0) is 11.3 Å². The largest absolute Gasteiger partial charge is 0.361 e. The van der Waals surface area contributed by atoms with Gasteiger partial charge in [-0.3, -0.25) is 4.79 Å². The van der Waals surface area contributed by atoms with E-state index in [1.165, 1.54) is 0 Å².